The van der Waals surface area contributed by atoms with Crippen molar-refractivity contribution < 1.29 is 4.74 Å². The Hall–Kier alpha value is -1.47. The van der Waals surface area contributed by atoms with Gasteiger partial charge in [0.1, 0.15) is 5.02 Å². The second kappa shape index (κ2) is 5.04. The van der Waals surface area contributed by atoms with Crippen molar-refractivity contribution in [2.24, 2.45) is 0 Å². The van der Waals surface area contributed by atoms with Gasteiger partial charge >= 0.3 is 0 Å². The third kappa shape index (κ3) is 3.28. The Kier molecular flexibility index (Phi) is 3.97. The minimum Gasteiger partial charge on any atom is -0.457 e. The van der Waals surface area contributed by atoms with Crippen LogP contribution in [0.2, 0.25) is 5.02 Å². The maximum Gasteiger partial charge on any atom is 0.239 e. The summed E-state index contributed by atoms with van der Waals surface area (Å²) in [6.07, 6.45) is 6.80. The van der Waals surface area contributed by atoms with Crippen LogP contribution in [-0.2, 0) is 0 Å². The summed E-state index contributed by atoms with van der Waals surface area (Å²) in [6.45, 7) is 6.19. The molecule has 4 nitrogen and oxygen atoms in total. The predicted molar refractivity (Wildman–Crippen MR) is 64.7 cm³/mol. The average Bonchev–Trinajstić information content (AvgIpc) is 2.23. The summed E-state index contributed by atoms with van der Waals surface area (Å²) in [4.78, 5) is 8.12. The highest BCUT2D eigenvalue weighted by molar-refractivity contribution is 6.31. The van der Waals surface area contributed by atoms with Crippen LogP contribution < -0.4 is 10.1 Å². The van der Waals surface area contributed by atoms with Crippen molar-refractivity contribution in [1.82, 2.24) is 9.97 Å². The summed E-state index contributed by atoms with van der Waals surface area (Å²) in [5.74, 6) is 3.26. The van der Waals surface area contributed by atoms with E-state index in [1.54, 1.807) is 13.8 Å². The lowest BCUT2D eigenvalue weighted by atomic mass is 10.1. The Balaban J connectivity index is 2.95. The second-order valence-electron chi connectivity index (χ2n) is 3.63. The van der Waals surface area contributed by atoms with E-state index in [9.17, 15) is 0 Å². The molecule has 1 aromatic heterocycles. The highest BCUT2D eigenvalue weighted by Crippen LogP contribution is 2.25. The standard InChI is InChI=1S/C11H14ClN3O/c1-5-11(3,4)16-9-8(12)7-14-10(15-9)13-6-2/h1,7H,6H2,2-4H3,(H,13,14,15). The average molecular weight is 240 g/mol. The van der Waals surface area contributed by atoms with Gasteiger partial charge in [-0.1, -0.05) is 17.5 Å². The Morgan fingerprint density at radius 3 is 2.88 bits per heavy atom. The van der Waals surface area contributed by atoms with E-state index in [4.69, 9.17) is 22.8 Å². The molecule has 0 bridgehead atoms. The Labute approximate surface area is 100 Å². The zero-order valence-corrected chi connectivity index (χ0v) is 10.3. The van der Waals surface area contributed by atoms with Crippen molar-refractivity contribution in [3.63, 3.8) is 0 Å². The topological polar surface area (TPSA) is 47.0 Å². The first-order chi connectivity index (χ1) is 7.48. The first kappa shape index (κ1) is 12.6. The Morgan fingerprint density at radius 1 is 1.62 bits per heavy atom. The molecule has 16 heavy (non-hydrogen) atoms. The number of rotatable bonds is 4. The number of halogens is 1. The molecule has 0 unspecified atom stereocenters. The molecule has 0 saturated carbocycles. The number of nitrogens with one attached hydrogen (secondary N) is 1. The molecule has 86 valence electrons. The van der Waals surface area contributed by atoms with Crippen LogP contribution in [0.4, 0.5) is 5.95 Å². The van der Waals surface area contributed by atoms with Crippen molar-refractivity contribution >= 4 is 17.5 Å². The van der Waals surface area contributed by atoms with Crippen LogP contribution in [0.25, 0.3) is 0 Å². The Bertz CT molecular complexity index is 412. The highest BCUT2D eigenvalue weighted by Gasteiger charge is 2.19. The molecular formula is C11H14ClN3O. The summed E-state index contributed by atoms with van der Waals surface area (Å²) in [5, 5.41) is 3.30. The molecule has 1 aromatic rings. The van der Waals surface area contributed by atoms with E-state index in [1.165, 1.54) is 6.20 Å². The molecule has 1 N–H and O–H groups in total. The van der Waals surface area contributed by atoms with Gasteiger partial charge in [0.25, 0.3) is 0 Å². The van der Waals surface area contributed by atoms with Gasteiger partial charge in [-0.25, -0.2) is 4.98 Å². The molecule has 0 aromatic carbocycles. The van der Waals surface area contributed by atoms with Crippen molar-refractivity contribution in [2.45, 2.75) is 26.4 Å². The largest absolute Gasteiger partial charge is 0.457 e. The molecule has 0 amide bonds. The maximum absolute atomic E-state index is 5.91. The summed E-state index contributed by atoms with van der Waals surface area (Å²) in [7, 11) is 0. The van der Waals surface area contributed by atoms with Gasteiger partial charge in [-0.2, -0.15) is 4.98 Å². The highest BCUT2D eigenvalue weighted by atomic mass is 35.5. The van der Waals surface area contributed by atoms with Gasteiger partial charge in [0.15, 0.2) is 5.60 Å². The summed E-state index contributed by atoms with van der Waals surface area (Å²) >= 11 is 5.91. The number of aromatic nitrogens is 2. The summed E-state index contributed by atoms with van der Waals surface area (Å²) < 4.78 is 5.51. The van der Waals surface area contributed by atoms with E-state index in [0.717, 1.165) is 6.54 Å². The van der Waals surface area contributed by atoms with Crippen LogP contribution in [0.15, 0.2) is 6.20 Å². The SMILES string of the molecule is C#CC(C)(C)Oc1nc(NCC)ncc1Cl. The molecule has 0 aliphatic rings. The summed E-state index contributed by atoms with van der Waals surface area (Å²) in [6, 6.07) is 0. The van der Waals surface area contributed by atoms with Crippen LogP contribution >= 0.6 is 11.6 Å². The fourth-order valence-corrected chi connectivity index (χ4v) is 1.07. The van der Waals surface area contributed by atoms with Gasteiger partial charge in [-0.3, -0.25) is 0 Å². The van der Waals surface area contributed by atoms with Crippen LogP contribution in [-0.4, -0.2) is 22.1 Å². The zero-order valence-electron chi connectivity index (χ0n) is 9.54. The first-order valence-electron chi connectivity index (χ1n) is 4.91. The Morgan fingerprint density at radius 2 is 2.31 bits per heavy atom. The molecule has 0 fully saturated rings. The molecule has 0 saturated heterocycles. The predicted octanol–water partition coefficient (Wildman–Crippen LogP) is 2.35. The quantitative estimate of drug-likeness (QED) is 0.820. The first-order valence-corrected chi connectivity index (χ1v) is 5.29. The van der Waals surface area contributed by atoms with E-state index in [0.29, 0.717) is 11.0 Å². The number of terminal acetylenes is 1. The van der Waals surface area contributed by atoms with Gasteiger partial charge in [0.05, 0.1) is 6.20 Å². The van der Waals surface area contributed by atoms with Gasteiger partial charge in [0.2, 0.25) is 11.8 Å². The minimum atomic E-state index is -0.749. The normalized spacial score (nSPS) is 10.7. The molecule has 5 heteroatoms. The lowest BCUT2D eigenvalue weighted by molar-refractivity contribution is 0.165. The summed E-state index contributed by atoms with van der Waals surface area (Å²) in [5.41, 5.74) is -0.749. The van der Waals surface area contributed by atoms with E-state index in [1.807, 2.05) is 6.92 Å². The second-order valence-corrected chi connectivity index (χ2v) is 4.04. The number of ether oxygens (including phenoxy) is 1. The van der Waals surface area contributed by atoms with Crippen molar-refractivity contribution in [3.05, 3.63) is 11.2 Å². The minimum absolute atomic E-state index is 0.288. The number of anilines is 1. The van der Waals surface area contributed by atoms with Gasteiger partial charge < -0.3 is 10.1 Å². The molecule has 0 spiro atoms. The molecule has 0 aliphatic carbocycles. The van der Waals surface area contributed by atoms with Gasteiger partial charge in [0, 0.05) is 6.54 Å². The van der Waals surface area contributed by atoms with E-state index >= 15 is 0 Å². The number of hydrogen-bond acceptors (Lipinski definition) is 4. The molecular weight excluding hydrogens is 226 g/mol. The third-order valence-corrected chi connectivity index (χ3v) is 2.01. The fourth-order valence-electron chi connectivity index (χ4n) is 0.937. The van der Waals surface area contributed by atoms with E-state index < -0.39 is 5.60 Å². The molecule has 1 rings (SSSR count). The van der Waals surface area contributed by atoms with Crippen LogP contribution in [0.3, 0.4) is 0 Å². The molecule has 0 radical (unpaired) electrons. The lowest BCUT2D eigenvalue weighted by Crippen LogP contribution is -2.26. The molecule has 0 atom stereocenters. The lowest BCUT2D eigenvalue weighted by Gasteiger charge is -2.20. The van der Waals surface area contributed by atoms with Crippen molar-refractivity contribution in [1.29, 1.82) is 0 Å². The van der Waals surface area contributed by atoms with Crippen LogP contribution in [0.5, 0.6) is 5.88 Å². The maximum atomic E-state index is 5.91. The van der Waals surface area contributed by atoms with Gasteiger partial charge in [-0.05, 0) is 20.8 Å². The number of nitrogens with zero attached hydrogens (tertiary/aromatic N) is 2. The van der Waals surface area contributed by atoms with Gasteiger partial charge in [-0.15, -0.1) is 6.42 Å². The fraction of sp³-hybridized carbons (Fsp3) is 0.455. The van der Waals surface area contributed by atoms with E-state index in [-0.39, 0.29) is 5.88 Å². The smallest absolute Gasteiger partial charge is 0.239 e. The van der Waals surface area contributed by atoms with E-state index in [2.05, 4.69) is 21.2 Å². The van der Waals surface area contributed by atoms with Crippen LogP contribution in [0, 0.1) is 12.3 Å². The monoisotopic (exact) mass is 239 g/mol. The molecule has 1 heterocycles. The number of hydrogen-bond donors (Lipinski definition) is 1. The molecule has 0 aliphatic heterocycles. The third-order valence-electron chi connectivity index (χ3n) is 1.75. The van der Waals surface area contributed by atoms with Crippen molar-refractivity contribution in [3.8, 4) is 18.2 Å². The van der Waals surface area contributed by atoms with Crippen molar-refractivity contribution in [2.75, 3.05) is 11.9 Å². The van der Waals surface area contributed by atoms with Crippen LogP contribution in [0.1, 0.15) is 20.8 Å². The zero-order chi connectivity index (χ0) is 12.2.